The summed E-state index contributed by atoms with van der Waals surface area (Å²) in [4.78, 5) is 24.8. The van der Waals surface area contributed by atoms with E-state index in [1.807, 2.05) is 0 Å². The molecule has 0 radical (unpaired) electrons. The van der Waals surface area contributed by atoms with Gasteiger partial charge in [0, 0.05) is 51.7 Å². The second-order valence-electron chi connectivity index (χ2n) is 5.77. The van der Waals surface area contributed by atoms with E-state index in [0.29, 0.717) is 13.1 Å². The minimum atomic E-state index is 0.0865. The molecule has 0 bridgehead atoms. The first-order chi connectivity index (χ1) is 10.8. The van der Waals surface area contributed by atoms with Crippen LogP contribution in [0.25, 0.3) is 0 Å². The molecular formula is C15H23N5O2. The molecule has 0 saturated carbocycles. The van der Waals surface area contributed by atoms with E-state index < -0.39 is 0 Å². The average Bonchev–Trinajstić information content (AvgIpc) is 3.08. The Balaban J connectivity index is 1.37. The SMILES string of the molecule is O=C(CN1CCN(c2cnccn2)CC1)NC[C@H]1CCCO1. The number of hydrogen-bond acceptors (Lipinski definition) is 6. The second-order valence-corrected chi connectivity index (χ2v) is 5.77. The fourth-order valence-corrected chi connectivity index (χ4v) is 2.88. The van der Waals surface area contributed by atoms with Crippen LogP contribution < -0.4 is 10.2 Å². The van der Waals surface area contributed by atoms with Crippen molar-refractivity contribution in [2.75, 3.05) is 50.8 Å². The third-order valence-corrected chi connectivity index (χ3v) is 4.16. The Hall–Kier alpha value is -1.73. The van der Waals surface area contributed by atoms with E-state index in [4.69, 9.17) is 4.74 Å². The number of anilines is 1. The highest BCUT2D eigenvalue weighted by atomic mass is 16.5. The maximum Gasteiger partial charge on any atom is 0.234 e. The lowest BCUT2D eigenvalue weighted by Crippen LogP contribution is -2.50. The topological polar surface area (TPSA) is 70.6 Å². The van der Waals surface area contributed by atoms with Gasteiger partial charge in [-0.2, -0.15) is 0 Å². The normalized spacial score (nSPS) is 22.7. The highest BCUT2D eigenvalue weighted by molar-refractivity contribution is 5.78. The van der Waals surface area contributed by atoms with E-state index in [1.165, 1.54) is 0 Å². The van der Waals surface area contributed by atoms with Gasteiger partial charge in [-0.15, -0.1) is 0 Å². The molecule has 3 heterocycles. The van der Waals surface area contributed by atoms with Gasteiger partial charge in [0.25, 0.3) is 0 Å². The number of carbonyl (C=O) groups excluding carboxylic acids is 1. The van der Waals surface area contributed by atoms with Crippen molar-refractivity contribution >= 4 is 11.7 Å². The van der Waals surface area contributed by atoms with Crippen LogP contribution in [0.15, 0.2) is 18.6 Å². The van der Waals surface area contributed by atoms with Gasteiger partial charge in [-0.1, -0.05) is 0 Å². The van der Waals surface area contributed by atoms with Crippen LogP contribution in [0.5, 0.6) is 0 Å². The van der Waals surface area contributed by atoms with Gasteiger partial charge in [0.2, 0.25) is 5.91 Å². The van der Waals surface area contributed by atoms with Crippen molar-refractivity contribution in [3.05, 3.63) is 18.6 Å². The zero-order valence-electron chi connectivity index (χ0n) is 12.8. The lowest BCUT2D eigenvalue weighted by molar-refractivity contribution is -0.122. The molecule has 0 aromatic carbocycles. The van der Waals surface area contributed by atoms with E-state index in [1.54, 1.807) is 18.6 Å². The highest BCUT2D eigenvalue weighted by Gasteiger charge is 2.21. The number of amides is 1. The van der Waals surface area contributed by atoms with Crippen LogP contribution in [0.4, 0.5) is 5.82 Å². The minimum Gasteiger partial charge on any atom is -0.376 e. The monoisotopic (exact) mass is 305 g/mol. The van der Waals surface area contributed by atoms with Crippen LogP contribution >= 0.6 is 0 Å². The summed E-state index contributed by atoms with van der Waals surface area (Å²) in [5, 5.41) is 2.97. The Morgan fingerprint density at radius 1 is 1.32 bits per heavy atom. The van der Waals surface area contributed by atoms with Crippen LogP contribution in [0.1, 0.15) is 12.8 Å². The number of nitrogens with one attached hydrogen (secondary N) is 1. The molecule has 7 nitrogen and oxygen atoms in total. The Bertz CT molecular complexity index is 470. The fourth-order valence-electron chi connectivity index (χ4n) is 2.88. The fraction of sp³-hybridized carbons (Fsp3) is 0.667. The molecule has 2 aliphatic rings. The molecule has 0 aliphatic carbocycles. The summed E-state index contributed by atoms with van der Waals surface area (Å²) < 4.78 is 5.51. The van der Waals surface area contributed by atoms with Crippen molar-refractivity contribution in [1.29, 1.82) is 0 Å². The van der Waals surface area contributed by atoms with Crippen LogP contribution in [0, 0.1) is 0 Å². The van der Waals surface area contributed by atoms with E-state index in [-0.39, 0.29) is 12.0 Å². The third-order valence-electron chi connectivity index (χ3n) is 4.16. The molecule has 7 heteroatoms. The van der Waals surface area contributed by atoms with Crippen molar-refractivity contribution in [3.8, 4) is 0 Å². The average molecular weight is 305 g/mol. The van der Waals surface area contributed by atoms with Crippen LogP contribution in [0.3, 0.4) is 0 Å². The zero-order chi connectivity index (χ0) is 15.2. The predicted octanol–water partition coefficient (Wildman–Crippen LogP) is -0.106. The lowest BCUT2D eigenvalue weighted by atomic mass is 10.2. The van der Waals surface area contributed by atoms with Crippen molar-refractivity contribution in [2.45, 2.75) is 18.9 Å². The van der Waals surface area contributed by atoms with E-state index in [9.17, 15) is 4.79 Å². The molecule has 1 amide bonds. The Morgan fingerprint density at radius 2 is 2.18 bits per heavy atom. The van der Waals surface area contributed by atoms with Gasteiger partial charge in [-0.05, 0) is 12.8 Å². The van der Waals surface area contributed by atoms with E-state index >= 15 is 0 Å². The molecule has 2 saturated heterocycles. The van der Waals surface area contributed by atoms with Gasteiger partial charge in [-0.3, -0.25) is 14.7 Å². The zero-order valence-corrected chi connectivity index (χ0v) is 12.8. The maximum absolute atomic E-state index is 12.0. The van der Waals surface area contributed by atoms with Gasteiger partial charge >= 0.3 is 0 Å². The summed E-state index contributed by atoms with van der Waals surface area (Å²) in [6.45, 7) is 5.40. The van der Waals surface area contributed by atoms with Crippen molar-refractivity contribution in [1.82, 2.24) is 20.2 Å². The molecule has 1 aromatic rings. The number of rotatable bonds is 5. The molecular weight excluding hydrogens is 282 g/mol. The summed E-state index contributed by atoms with van der Waals surface area (Å²) in [7, 11) is 0. The Kier molecular flexibility index (Phi) is 5.18. The number of piperazine rings is 1. The Labute approximate surface area is 130 Å². The standard InChI is InChI=1S/C15H23N5O2/c21-15(18-10-13-2-1-9-22-13)12-19-5-7-20(8-6-19)14-11-16-3-4-17-14/h3-4,11,13H,1-2,5-10,12H2,(H,18,21)/t13-/m1/s1. The number of carbonyl (C=O) groups is 1. The van der Waals surface area contributed by atoms with Gasteiger partial charge in [0.15, 0.2) is 0 Å². The van der Waals surface area contributed by atoms with Gasteiger partial charge in [0.05, 0.1) is 18.8 Å². The Morgan fingerprint density at radius 3 is 2.86 bits per heavy atom. The van der Waals surface area contributed by atoms with Crippen molar-refractivity contribution in [3.63, 3.8) is 0 Å². The van der Waals surface area contributed by atoms with Gasteiger partial charge < -0.3 is 15.0 Å². The quantitative estimate of drug-likeness (QED) is 0.819. The largest absolute Gasteiger partial charge is 0.376 e. The molecule has 1 aromatic heterocycles. The molecule has 0 unspecified atom stereocenters. The number of hydrogen-bond donors (Lipinski definition) is 1. The van der Waals surface area contributed by atoms with Crippen molar-refractivity contribution < 1.29 is 9.53 Å². The molecule has 1 atom stereocenters. The van der Waals surface area contributed by atoms with Crippen LogP contribution in [-0.2, 0) is 9.53 Å². The molecule has 2 fully saturated rings. The molecule has 1 N–H and O–H groups in total. The summed E-state index contributed by atoms with van der Waals surface area (Å²) in [5.74, 6) is 0.994. The van der Waals surface area contributed by atoms with E-state index in [0.717, 1.165) is 51.4 Å². The predicted molar refractivity (Wildman–Crippen MR) is 82.7 cm³/mol. The summed E-state index contributed by atoms with van der Waals surface area (Å²) in [6.07, 6.45) is 7.53. The molecule has 2 aliphatic heterocycles. The van der Waals surface area contributed by atoms with Crippen LogP contribution in [0.2, 0.25) is 0 Å². The molecule has 120 valence electrons. The molecule has 22 heavy (non-hydrogen) atoms. The summed E-state index contributed by atoms with van der Waals surface area (Å²) in [6, 6.07) is 0. The van der Waals surface area contributed by atoms with Crippen LogP contribution in [-0.4, -0.2) is 72.8 Å². The summed E-state index contributed by atoms with van der Waals surface area (Å²) >= 11 is 0. The first-order valence-corrected chi connectivity index (χ1v) is 7.93. The number of aromatic nitrogens is 2. The molecule has 0 spiro atoms. The third kappa shape index (κ3) is 4.14. The first kappa shape index (κ1) is 15.2. The van der Waals surface area contributed by atoms with Crippen molar-refractivity contribution in [2.24, 2.45) is 0 Å². The number of ether oxygens (including phenoxy) is 1. The second kappa shape index (κ2) is 7.51. The smallest absolute Gasteiger partial charge is 0.234 e. The lowest BCUT2D eigenvalue weighted by Gasteiger charge is -2.34. The highest BCUT2D eigenvalue weighted by Crippen LogP contribution is 2.12. The summed E-state index contributed by atoms with van der Waals surface area (Å²) in [5.41, 5.74) is 0. The minimum absolute atomic E-state index is 0.0865. The van der Waals surface area contributed by atoms with Gasteiger partial charge in [0.1, 0.15) is 5.82 Å². The maximum atomic E-state index is 12.0. The van der Waals surface area contributed by atoms with E-state index in [2.05, 4.69) is 25.1 Å². The first-order valence-electron chi connectivity index (χ1n) is 7.93. The number of nitrogens with zero attached hydrogens (tertiary/aromatic N) is 4. The van der Waals surface area contributed by atoms with Gasteiger partial charge in [-0.25, -0.2) is 4.98 Å². The molecule has 3 rings (SSSR count).